The van der Waals surface area contributed by atoms with Crippen LogP contribution in [0.3, 0.4) is 0 Å². The Morgan fingerprint density at radius 1 is 1.25 bits per heavy atom. The van der Waals surface area contributed by atoms with E-state index >= 15 is 0 Å². The summed E-state index contributed by atoms with van der Waals surface area (Å²) in [6.45, 7) is 4.07. The van der Waals surface area contributed by atoms with Gasteiger partial charge in [-0.15, -0.1) is 0 Å². The van der Waals surface area contributed by atoms with Crippen molar-refractivity contribution in [2.75, 3.05) is 0 Å². The lowest BCUT2D eigenvalue weighted by Gasteiger charge is -2.11. The Balaban J connectivity index is 2.75. The predicted molar refractivity (Wildman–Crippen MR) is 61.6 cm³/mol. The Morgan fingerprint density at radius 2 is 1.81 bits per heavy atom. The summed E-state index contributed by atoms with van der Waals surface area (Å²) in [5.74, 6) is -1.15. The van der Waals surface area contributed by atoms with Gasteiger partial charge in [0.1, 0.15) is 0 Å². The fraction of sp³-hybridized carbons (Fsp3) is 0.538. The van der Waals surface area contributed by atoms with E-state index in [1.165, 1.54) is 0 Å². The quantitative estimate of drug-likeness (QED) is 0.408. The molecule has 1 atom stereocenters. The van der Waals surface area contributed by atoms with Crippen LogP contribution in [-0.4, -0.2) is 11.9 Å². The third-order valence-corrected chi connectivity index (χ3v) is 2.56. The molecule has 1 aliphatic rings. The second-order valence-corrected chi connectivity index (χ2v) is 3.85. The molecular formula is C13H18O3. The minimum absolute atomic E-state index is 0.0150. The second kappa shape index (κ2) is 6.26. The fourth-order valence-electron chi connectivity index (χ4n) is 1.70. The summed E-state index contributed by atoms with van der Waals surface area (Å²) in [6, 6.07) is 0. The number of hydrogen-bond donors (Lipinski definition) is 0. The van der Waals surface area contributed by atoms with Gasteiger partial charge in [0.2, 0.25) is 0 Å². The first kappa shape index (κ1) is 12.7. The van der Waals surface area contributed by atoms with Crippen LogP contribution in [0, 0.1) is 11.8 Å². The van der Waals surface area contributed by atoms with Gasteiger partial charge in [-0.05, 0) is 12.8 Å². The van der Waals surface area contributed by atoms with Crippen LogP contribution >= 0.6 is 0 Å². The van der Waals surface area contributed by atoms with Gasteiger partial charge in [-0.3, -0.25) is 9.59 Å². The number of ether oxygens (including phenoxy) is 1. The summed E-state index contributed by atoms with van der Waals surface area (Å²) >= 11 is 0. The molecule has 1 fully saturated rings. The molecule has 0 bridgehead atoms. The van der Waals surface area contributed by atoms with Crippen molar-refractivity contribution in [2.24, 2.45) is 11.8 Å². The van der Waals surface area contributed by atoms with Gasteiger partial charge < -0.3 is 4.74 Å². The molecule has 16 heavy (non-hydrogen) atoms. The number of hydrogen-bond acceptors (Lipinski definition) is 3. The standard InChI is InChI=1S/C13H18O3/c1-3-5-7-10(8-6-4-2)11-9-12(14)16-13(11)15/h5-8,10-11H,3-4,9H2,1-2H3/b7-5-,8-6-. The minimum Gasteiger partial charge on any atom is -0.393 e. The van der Waals surface area contributed by atoms with Crippen LogP contribution in [0.4, 0.5) is 0 Å². The number of allylic oxidation sites excluding steroid dienone is 4. The van der Waals surface area contributed by atoms with Crippen LogP contribution in [0.5, 0.6) is 0 Å². The third kappa shape index (κ3) is 3.33. The highest BCUT2D eigenvalue weighted by atomic mass is 16.6. The van der Waals surface area contributed by atoms with Gasteiger partial charge in [-0.2, -0.15) is 0 Å². The van der Waals surface area contributed by atoms with Gasteiger partial charge in [0.05, 0.1) is 12.3 Å². The lowest BCUT2D eigenvalue weighted by atomic mass is 9.90. The Kier molecular flexibility index (Phi) is 4.96. The van der Waals surface area contributed by atoms with Crippen molar-refractivity contribution in [3.8, 4) is 0 Å². The van der Waals surface area contributed by atoms with E-state index in [0.29, 0.717) is 0 Å². The fourth-order valence-corrected chi connectivity index (χ4v) is 1.70. The summed E-state index contributed by atoms with van der Waals surface area (Å²) in [5.41, 5.74) is 0. The number of carbonyl (C=O) groups is 2. The van der Waals surface area contributed by atoms with Crippen LogP contribution < -0.4 is 0 Å². The molecule has 88 valence electrons. The third-order valence-electron chi connectivity index (χ3n) is 2.56. The average Bonchev–Trinajstić information content (AvgIpc) is 2.58. The average molecular weight is 222 g/mol. The maximum atomic E-state index is 11.4. The molecule has 1 heterocycles. The largest absolute Gasteiger partial charge is 0.393 e. The molecule has 0 aliphatic carbocycles. The van der Waals surface area contributed by atoms with E-state index in [-0.39, 0.29) is 18.3 Å². The molecule has 1 saturated heterocycles. The molecule has 0 aromatic rings. The van der Waals surface area contributed by atoms with Gasteiger partial charge in [0, 0.05) is 5.92 Å². The van der Waals surface area contributed by atoms with Crippen LogP contribution in [0.1, 0.15) is 33.1 Å². The molecule has 0 saturated carbocycles. The SMILES string of the molecule is CC/C=C\C(/C=C\CC)C1CC(=O)OC1=O. The number of esters is 2. The van der Waals surface area contributed by atoms with E-state index in [0.717, 1.165) is 12.8 Å². The maximum absolute atomic E-state index is 11.4. The van der Waals surface area contributed by atoms with Crippen molar-refractivity contribution in [3.05, 3.63) is 24.3 Å². The topological polar surface area (TPSA) is 43.4 Å². The highest BCUT2D eigenvalue weighted by Gasteiger charge is 2.37. The van der Waals surface area contributed by atoms with E-state index in [1.807, 2.05) is 38.2 Å². The maximum Gasteiger partial charge on any atom is 0.318 e. The Morgan fingerprint density at radius 3 is 2.19 bits per heavy atom. The van der Waals surface area contributed by atoms with Crippen LogP contribution in [0.25, 0.3) is 0 Å². The van der Waals surface area contributed by atoms with Crippen molar-refractivity contribution < 1.29 is 14.3 Å². The van der Waals surface area contributed by atoms with Crippen molar-refractivity contribution in [2.45, 2.75) is 33.1 Å². The molecule has 3 nitrogen and oxygen atoms in total. The zero-order valence-corrected chi connectivity index (χ0v) is 9.81. The normalized spacial score (nSPS) is 21.6. The van der Waals surface area contributed by atoms with Gasteiger partial charge in [-0.1, -0.05) is 38.2 Å². The molecule has 3 heteroatoms. The molecule has 0 spiro atoms. The minimum atomic E-state index is -0.408. The molecule has 1 unspecified atom stereocenters. The Hall–Kier alpha value is -1.38. The van der Waals surface area contributed by atoms with Crippen molar-refractivity contribution in [1.82, 2.24) is 0 Å². The monoisotopic (exact) mass is 222 g/mol. The number of carbonyl (C=O) groups excluding carboxylic acids is 2. The van der Waals surface area contributed by atoms with Gasteiger partial charge >= 0.3 is 11.9 Å². The van der Waals surface area contributed by atoms with Gasteiger partial charge in [0.25, 0.3) is 0 Å². The van der Waals surface area contributed by atoms with E-state index in [2.05, 4.69) is 4.74 Å². The smallest absolute Gasteiger partial charge is 0.318 e. The van der Waals surface area contributed by atoms with Gasteiger partial charge in [-0.25, -0.2) is 0 Å². The first-order valence-electron chi connectivity index (χ1n) is 5.76. The van der Waals surface area contributed by atoms with E-state index < -0.39 is 11.9 Å². The van der Waals surface area contributed by atoms with E-state index in [1.54, 1.807) is 0 Å². The molecule has 0 aromatic heterocycles. The Bertz CT molecular complexity index is 301. The summed E-state index contributed by atoms with van der Waals surface area (Å²) in [7, 11) is 0. The van der Waals surface area contributed by atoms with Crippen molar-refractivity contribution in [1.29, 1.82) is 0 Å². The molecule has 0 radical (unpaired) electrons. The first-order valence-corrected chi connectivity index (χ1v) is 5.76. The summed E-state index contributed by atoms with van der Waals surface area (Å²) < 4.78 is 4.57. The van der Waals surface area contributed by atoms with E-state index in [9.17, 15) is 9.59 Å². The molecule has 1 rings (SSSR count). The number of rotatable bonds is 5. The summed E-state index contributed by atoms with van der Waals surface area (Å²) in [4.78, 5) is 22.5. The zero-order valence-electron chi connectivity index (χ0n) is 9.81. The predicted octanol–water partition coefficient (Wildman–Crippen LogP) is 2.62. The lowest BCUT2D eigenvalue weighted by molar-refractivity contribution is -0.153. The zero-order chi connectivity index (χ0) is 12.0. The van der Waals surface area contributed by atoms with Crippen LogP contribution in [0.15, 0.2) is 24.3 Å². The van der Waals surface area contributed by atoms with Crippen molar-refractivity contribution in [3.63, 3.8) is 0 Å². The first-order chi connectivity index (χ1) is 7.69. The second-order valence-electron chi connectivity index (χ2n) is 3.85. The van der Waals surface area contributed by atoms with Gasteiger partial charge in [0.15, 0.2) is 0 Å². The van der Waals surface area contributed by atoms with E-state index in [4.69, 9.17) is 0 Å². The molecule has 0 aromatic carbocycles. The molecule has 1 aliphatic heterocycles. The van der Waals surface area contributed by atoms with Crippen molar-refractivity contribution >= 4 is 11.9 Å². The molecule has 0 N–H and O–H groups in total. The number of cyclic esters (lactones) is 2. The van der Waals surface area contributed by atoms with Crippen LogP contribution in [0.2, 0.25) is 0 Å². The summed E-state index contributed by atoms with van der Waals surface area (Å²) in [6.07, 6.45) is 10.0. The molecule has 0 amide bonds. The Labute approximate surface area is 96.2 Å². The highest BCUT2D eigenvalue weighted by Crippen LogP contribution is 2.26. The summed E-state index contributed by atoms with van der Waals surface area (Å²) in [5, 5.41) is 0. The highest BCUT2D eigenvalue weighted by molar-refractivity contribution is 5.95. The van der Waals surface area contributed by atoms with Crippen LogP contribution in [-0.2, 0) is 14.3 Å². The lowest BCUT2D eigenvalue weighted by Crippen LogP contribution is -2.16. The molecular weight excluding hydrogens is 204 g/mol.